The summed E-state index contributed by atoms with van der Waals surface area (Å²) in [6.45, 7) is 0.545. The molecule has 1 aliphatic heterocycles. The van der Waals surface area contributed by atoms with Crippen molar-refractivity contribution < 1.29 is 18.3 Å². The van der Waals surface area contributed by atoms with Gasteiger partial charge < -0.3 is 15.4 Å². The lowest BCUT2D eigenvalue weighted by molar-refractivity contribution is -0.0102. The Hall–Kier alpha value is -1.92. The van der Waals surface area contributed by atoms with E-state index in [0.717, 1.165) is 0 Å². The minimum atomic E-state index is -2.67. The second kappa shape index (κ2) is 5.60. The first-order valence-electron chi connectivity index (χ1n) is 6.40. The van der Waals surface area contributed by atoms with Crippen molar-refractivity contribution in [2.24, 2.45) is 5.73 Å². The van der Waals surface area contributed by atoms with Gasteiger partial charge in [0, 0.05) is 32.0 Å². The molecule has 2 rings (SSSR count). The molecule has 2 N–H and O–H groups in total. The Labute approximate surface area is 115 Å². The zero-order valence-corrected chi connectivity index (χ0v) is 11.2. The molecule has 110 valence electrons. The number of anilines is 1. The van der Waals surface area contributed by atoms with Crippen LogP contribution in [0, 0.1) is 0 Å². The number of methoxy groups -OCH3 is 1. The number of amides is 1. The quantitative estimate of drug-likeness (QED) is 0.919. The predicted octanol–water partition coefficient (Wildman–Crippen LogP) is 1.81. The van der Waals surface area contributed by atoms with Crippen LogP contribution in [0.1, 0.15) is 29.6 Å². The van der Waals surface area contributed by atoms with E-state index in [0.29, 0.717) is 24.7 Å². The highest BCUT2D eigenvalue weighted by atomic mass is 19.3. The average molecular weight is 285 g/mol. The van der Waals surface area contributed by atoms with E-state index in [1.807, 2.05) is 0 Å². The summed E-state index contributed by atoms with van der Waals surface area (Å²) in [6.07, 6.45) is -0.0758. The Morgan fingerprint density at radius 1 is 1.40 bits per heavy atom. The number of nitrogens with zero attached hydrogens (tertiary/aromatic N) is 2. The summed E-state index contributed by atoms with van der Waals surface area (Å²) in [5.74, 6) is -2.66. The first kappa shape index (κ1) is 14.5. The van der Waals surface area contributed by atoms with Crippen LogP contribution >= 0.6 is 0 Å². The lowest BCUT2D eigenvalue weighted by Crippen LogP contribution is -2.29. The molecule has 0 radical (unpaired) electrons. The number of hydrogen-bond donors (Lipinski definition) is 1. The summed E-state index contributed by atoms with van der Waals surface area (Å²) >= 11 is 0. The summed E-state index contributed by atoms with van der Waals surface area (Å²) in [5.41, 5.74) is 5.53. The number of ether oxygens (including phenoxy) is 1. The second-order valence-electron chi connectivity index (χ2n) is 4.79. The fourth-order valence-corrected chi connectivity index (χ4v) is 2.25. The third kappa shape index (κ3) is 3.15. The number of primary amides is 1. The second-order valence-corrected chi connectivity index (χ2v) is 4.79. The van der Waals surface area contributed by atoms with E-state index in [4.69, 9.17) is 10.5 Å². The largest absolute Gasteiger partial charge is 0.481 e. The molecule has 0 atom stereocenters. The summed E-state index contributed by atoms with van der Waals surface area (Å²) in [5, 5.41) is 0. The average Bonchev–Trinajstić information content (AvgIpc) is 2.58. The molecular weight excluding hydrogens is 268 g/mol. The fraction of sp³-hybridized carbons (Fsp3) is 0.538. The van der Waals surface area contributed by atoms with Crippen molar-refractivity contribution in [2.75, 3.05) is 25.1 Å². The van der Waals surface area contributed by atoms with Gasteiger partial charge in [-0.1, -0.05) is 0 Å². The van der Waals surface area contributed by atoms with Crippen LogP contribution in [0.15, 0.2) is 12.1 Å². The van der Waals surface area contributed by atoms with Crippen LogP contribution in [0.3, 0.4) is 0 Å². The van der Waals surface area contributed by atoms with E-state index < -0.39 is 11.8 Å². The topological polar surface area (TPSA) is 68.5 Å². The van der Waals surface area contributed by atoms with Gasteiger partial charge in [0.2, 0.25) is 11.8 Å². The zero-order valence-electron chi connectivity index (χ0n) is 11.2. The maximum Gasteiger partial charge on any atom is 0.252 e. The highest BCUT2D eigenvalue weighted by Crippen LogP contribution is 2.31. The Kier molecular flexibility index (Phi) is 4.06. The van der Waals surface area contributed by atoms with Gasteiger partial charge in [0.15, 0.2) is 0 Å². The van der Waals surface area contributed by atoms with Gasteiger partial charge >= 0.3 is 0 Å². The van der Waals surface area contributed by atoms with E-state index in [1.54, 1.807) is 4.90 Å². The molecule has 5 nitrogen and oxygen atoms in total. The molecule has 7 heteroatoms. The number of carbonyl (C=O) groups excluding carboxylic acids is 1. The van der Waals surface area contributed by atoms with E-state index in [1.165, 1.54) is 19.2 Å². The number of pyridine rings is 1. The van der Waals surface area contributed by atoms with Gasteiger partial charge in [-0.2, -0.15) is 4.98 Å². The van der Waals surface area contributed by atoms with Crippen LogP contribution < -0.4 is 15.4 Å². The minimum absolute atomic E-state index is 0.132. The van der Waals surface area contributed by atoms with Crippen molar-refractivity contribution in [3.8, 4) is 5.88 Å². The van der Waals surface area contributed by atoms with Gasteiger partial charge in [-0.25, -0.2) is 8.78 Å². The third-order valence-electron chi connectivity index (χ3n) is 3.34. The van der Waals surface area contributed by atoms with Crippen molar-refractivity contribution in [2.45, 2.75) is 25.2 Å². The zero-order chi connectivity index (χ0) is 14.8. The molecule has 2 heterocycles. The molecule has 1 aliphatic rings. The fourth-order valence-electron chi connectivity index (χ4n) is 2.25. The van der Waals surface area contributed by atoms with Crippen LogP contribution in [0.2, 0.25) is 0 Å². The number of carbonyl (C=O) groups is 1. The van der Waals surface area contributed by atoms with E-state index >= 15 is 0 Å². The van der Waals surface area contributed by atoms with Crippen molar-refractivity contribution in [1.82, 2.24) is 4.98 Å². The minimum Gasteiger partial charge on any atom is -0.481 e. The number of alkyl halides is 2. The van der Waals surface area contributed by atoms with Crippen molar-refractivity contribution in [3.63, 3.8) is 0 Å². The van der Waals surface area contributed by atoms with Crippen molar-refractivity contribution in [3.05, 3.63) is 17.7 Å². The molecule has 1 aromatic heterocycles. The number of hydrogen-bond acceptors (Lipinski definition) is 4. The lowest BCUT2D eigenvalue weighted by atomic mass is 10.1. The van der Waals surface area contributed by atoms with Gasteiger partial charge in [-0.05, 0) is 12.5 Å². The molecule has 1 aromatic rings. The Morgan fingerprint density at radius 3 is 2.80 bits per heavy atom. The molecule has 20 heavy (non-hydrogen) atoms. The van der Waals surface area contributed by atoms with Crippen LogP contribution in [0.5, 0.6) is 5.88 Å². The van der Waals surface area contributed by atoms with Crippen LogP contribution in [-0.4, -0.2) is 37.0 Å². The maximum atomic E-state index is 13.4. The number of halogens is 2. The summed E-state index contributed by atoms with van der Waals surface area (Å²) in [4.78, 5) is 17.3. The SMILES string of the molecule is COc1ccc(C(N)=O)c(N2CCCC(F)(F)CC2)n1. The third-order valence-corrected chi connectivity index (χ3v) is 3.34. The normalized spacial score (nSPS) is 18.4. The van der Waals surface area contributed by atoms with Crippen molar-refractivity contribution >= 4 is 11.7 Å². The lowest BCUT2D eigenvalue weighted by Gasteiger charge is -2.23. The summed E-state index contributed by atoms with van der Waals surface area (Å²) in [7, 11) is 1.45. The van der Waals surface area contributed by atoms with Gasteiger partial charge in [0.1, 0.15) is 5.82 Å². The molecular formula is C13H17F2N3O2. The standard InChI is InChI=1S/C13H17F2N3O2/c1-20-10-4-3-9(11(16)19)12(17-10)18-7-2-5-13(14,15)6-8-18/h3-4H,2,5-8H2,1H3,(H2,16,19). The molecule has 0 aromatic carbocycles. The first-order chi connectivity index (χ1) is 9.43. The molecule has 0 bridgehead atoms. The Bertz CT molecular complexity index is 508. The monoisotopic (exact) mass is 285 g/mol. The highest BCUT2D eigenvalue weighted by molar-refractivity contribution is 5.97. The molecule has 1 amide bonds. The molecule has 0 unspecified atom stereocenters. The maximum absolute atomic E-state index is 13.4. The molecule has 1 saturated heterocycles. The smallest absolute Gasteiger partial charge is 0.252 e. The Morgan fingerprint density at radius 2 is 2.15 bits per heavy atom. The van der Waals surface area contributed by atoms with E-state index in [2.05, 4.69) is 4.98 Å². The molecule has 0 aliphatic carbocycles. The van der Waals surface area contributed by atoms with Gasteiger partial charge in [-0.15, -0.1) is 0 Å². The Balaban J connectivity index is 2.32. The van der Waals surface area contributed by atoms with E-state index in [9.17, 15) is 13.6 Å². The van der Waals surface area contributed by atoms with Gasteiger partial charge in [0.25, 0.3) is 5.91 Å². The van der Waals surface area contributed by atoms with E-state index in [-0.39, 0.29) is 24.9 Å². The summed E-state index contributed by atoms with van der Waals surface area (Å²) in [6, 6.07) is 3.03. The molecule has 0 saturated carbocycles. The molecule has 0 spiro atoms. The van der Waals surface area contributed by atoms with Crippen LogP contribution in [0.4, 0.5) is 14.6 Å². The van der Waals surface area contributed by atoms with Gasteiger partial charge in [-0.3, -0.25) is 4.79 Å². The molecule has 1 fully saturated rings. The number of nitrogens with two attached hydrogens (primary N) is 1. The predicted molar refractivity (Wildman–Crippen MR) is 70.3 cm³/mol. The van der Waals surface area contributed by atoms with Crippen LogP contribution in [-0.2, 0) is 0 Å². The van der Waals surface area contributed by atoms with Gasteiger partial charge in [0.05, 0.1) is 12.7 Å². The summed E-state index contributed by atoms with van der Waals surface area (Å²) < 4.78 is 31.8. The number of aromatic nitrogens is 1. The van der Waals surface area contributed by atoms with Crippen LogP contribution in [0.25, 0.3) is 0 Å². The first-order valence-corrected chi connectivity index (χ1v) is 6.40. The number of rotatable bonds is 3. The highest BCUT2D eigenvalue weighted by Gasteiger charge is 2.33. The van der Waals surface area contributed by atoms with Crippen molar-refractivity contribution in [1.29, 1.82) is 0 Å².